The Morgan fingerprint density at radius 2 is 1.65 bits per heavy atom. The van der Waals surface area contributed by atoms with Crippen LogP contribution in [0.5, 0.6) is 11.5 Å². The number of nitrogens with zero attached hydrogens (tertiary/aromatic N) is 3. The third kappa shape index (κ3) is 3.99. The number of aromatic hydroxyl groups is 1. The van der Waals surface area contributed by atoms with Crippen molar-refractivity contribution >= 4 is 29.2 Å². The Labute approximate surface area is 177 Å². The Kier molecular flexibility index (Phi) is 5.19. The van der Waals surface area contributed by atoms with Crippen LogP contribution in [0.25, 0.3) is 6.08 Å². The van der Waals surface area contributed by atoms with Gasteiger partial charge in [-0.3, -0.25) is 19.8 Å². The summed E-state index contributed by atoms with van der Waals surface area (Å²) in [7, 11) is 1.57. The zero-order chi connectivity index (χ0) is 22.0. The van der Waals surface area contributed by atoms with Gasteiger partial charge in [-0.2, -0.15) is 0 Å². The number of nitro groups is 1. The summed E-state index contributed by atoms with van der Waals surface area (Å²) in [6.45, 7) is 0. The smallest absolute Gasteiger partial charge is 0.282 e. The van der Waals surface area contributed by atoms with E-state index in [2.05, 4.69) is 4.99 Å². The molecule has 1 heterocycles. The molecule has 1 N–H and O–H groups in total. The van der Waals surface area contributed by atoms with E-state index >= 15 is 0 Å². The quantitative estimate of drug-likeness (QED) is 0.383. The van der Waals surface area contributed by atoms with E-state index in [4.69, 9.17) is 4.74 Å². The molecule has 0 saturated heterocycles. The van der Waals surface area contributed by atoms with Crippen LogP contribution in [0.4, 0.5) is 11.4 Å². The van der Waals surface area contributed by atoms with Crippen LogP contribution in [0.15, 0.2) is 83.5 Å². The van der Waals surface area contributed by atoms with Gasteiger partial charge >= 0.3 is 0 Å². The predicted octanol–water partition coefficient (Wildman–Crippen LogP) is 4.14. The van der Waals surface area contributed by atoms with Gasteiger partial charge in [-0.15, -0.1) is 0 Å². The highest BCUT2D eigenvalue weighted by Crippen LogP contribution is 2.29. The van der Waals surface area contributed by atoms with E-state index in [0.717, 1.165) is 0 Å². The highest BCUT2D eigenvalue weighted by atomic mass is 16.6. The third-order valence-corrected chi connectivity index (χ3v) is 4.72. The number of ether oxygens (including phenoxy) is 1. The lowest BCUT2D eigenvalue weighted by molar-refractivity contribution is -0.384. The number of nitro benzene ring substituents is 1. The molecule has 0 aromatic heterocycles. The van der Waals surface area contributed by atoms with Crippen LogP contribution in [0.2, 0.25) is 0 Å². The number of amides is 1. The highest BCUT2D eigenvalue weighted by molar-refractivity contribution is 6.33. The van der Waals surface area contributed by atoms with Gasteiger partial charge in [-0.25, -0.2) is 4.99 Å². The van der Waals surface area contributed by atoms with Crippen molar-refractivity contribution < 1.29 is 19.6 Å². The van der Waals surface area contributed by atoms with Gasteiger partial charge < -0.3 is 9.84 Å². The largest absolute Gasteiger partial charge is 0.508 e. The predicted molar refractivity (Wildman–Crippen MR) is 116 cm³/mol. The number of amidine groups is 1. The van der Waals surface area contributed by atoms with E-state index in [1.54, 1.807) is 61.7 Å². The number of carbonyl (C=O) groups excluding carboxylic acids is 1. The molecular formula is C23H17N3O5. The minimum absolute atomic E-state index is 0.0342. The number of phenols is 1. The topological polar surface area (TPSA) is 105 Å². The molecule has 8 nitrogen and oxygen atoms in total. The number of non-ortho nitro benzene ring substituents is 1. The van der Waals surface area contributed by atoms with E-state index in [-0.39, 0.29) is 23.0 Å². The molecule has 0 bridgehead atoms. The number of benzene rings is 3. The van der Waals surface area contributed by atoms with Crippen molar-refractivity contribution in [1.29, 1.82) is 0 Å². The van der Waals surface area contributed by atoms with Crippen LogP contribution < -0.4 is 9.64 Å². The summed E-state index contributed by atoms with van der Waals surface area (Å²) in [5.74, 6) is 0.827. The Balaban J connectivity index is 1.77. The molecule has 0 radical (unpaired) electrons. The first-order chi connectivity index (χ1) is 15.0. The van der Waals surface area contributed by atoms with Crippen molar-refractivity contribution in [3.63, 3.8) is 0 Å². The van der Waals surface area contributed by atoms with E-state index in [1.807, 2.05) is 0 Å². The fourth-order valence-electron chi connectivity index (χ4n) is 3.14. The second-order valence-electron chi connectivity index (χ2n) is 6.70. The van der Waals surface area contributed by atoms with E-state index in [1.165, 1.54) is 29.2 Å². The van der Waals surface area contributed by atoms with Gasteiger partial charge in [0.05, 0.1) is 17.7 Å². The molecule has 8 heteroatoms. The normalized spacial score (nSPS) is 14.6. The first-order valence-electron chi connectivity index (χ1n) is 9.29. The molecule has 3 aromatic carbocycles. The van der Waals surface area contributed by atoms with Gasteiger partial charge in [0.1, 0.15) is 23.0 Å². The maximum absolute atomic E-state index is 13.2. The number of phenolic OH excluding ortho intramolecular Hbond substituents is 1. The van der Waals surface area contributed by atoms with Crippen molar-refractivity contribution in [2.45, 2.75) is 0 Å². The summed E-state index contributed by atoms with van der Waals surface area (Å²) in [4.78, 5) is 29.6. The molecule has 31 heavy (non-hydrogen) atoms. The minimum Gasteiger partial charge on any atom is -0.508 e. The molecule has 0 unspecified atom stereocenters. The second kappa shape index (κ2) is 8.11. The summed E-state index contributed by atoms with van der Waals surface area (Å²) in [6.07, 6.45) is 1.58. The van der Waals surface area contributed by atoms with E-state index in [0.29, 0.717) is 28.4 Å². The SMILES string of the molecule is COc1ccc(C2=NC(=Cc3ccc([N+](=O)[O-])cc3)C(=O)N2c2ccc(O)cc2)cc1. The molecule has 4 rings (SSSR count). The second-order valence-corrected chi connectivity index (χ2v) is 6.70. The molecule has 1 amide bonds. The monoisotopic (exact) mass is 415 g/mol. The zero-order valence-electron chi connectivity index (χ0n) is 16.4. The Hall–Kier alpha value is -4.46. The lowest BCUT2D eigenvalue weighted by atomic mass is 10.1. The molecular weight excluding hydrogens is 398 g/mol. The fraction of sp³-hybridized carbons (Fsp3) is 0.0435. The summed E-state index contributed by atoms with van der Waals surface area (Å²) in [5, 5.41) is 20.5. The average Bonchev–Trinajstić information content (AvgIpc) is 3.10. The first kappa shape index (κ1) is 19.8. The van der Waals surface area contributed by atoms with Crippen LogP contribution in [0.1, 0.15) is 11.1 Å². The number of hydrogen-bond donors (Lipinski definition) is 1. The van der Waals surface area contributed by atoms with Crippen molar-refractivity contribution in [2.24, 2.45) is 4.99 Å². The molecule has 0 fully saturated rings. The molecule has 0 saturated carbocycles. The first-order valence-corrected chi connectivity index (χ1v) is 9.29. The molecule has 3 aromatic rings. The number of methoxy groups -OCH3 is 1. The van der Waals surface area contributed by atoms with Crippen molar-refractivity contribution in [1.82, 2.24) is 0 Å². The van der Waals surface area contributed by atoms with Crippen molar-refractivity contribution in [2.75, 3.05) is 12.0 Å². The zero-order valence-corrected chi connectivity index (χ0v) is 16.4. The van der Waals surface area contributed by atoms with E-state index < -0.39 is 4.92 Å². The number of aliphatic imine (C=N–C) groups is 1. The Morgan fingerprint density at radius 1 is 1.00 bits per heavy atom. The number of anilines is 1. The van der Waals surface area contributed by atoms with Crippen LogP contribution in [-0.2, 0) is 4.79 Å². The standard InChI is InChI=1S/C23H17N3O5/c1-31-20-12-4-16(5-13-20)22-24-21(14-15-2-6-18(7-3-15)26(29)30)23(28)25(22)17-8-10-19(27)11-9-17/h2-14,27H,1H3. The molecule has 1 aliphatic rings. The third-order valence-electron chi connectivity index (χ3n) is 4.72. The molecule has 154 valence electrons. The van der Waals surface area contributed by atoms with Gasteiger partial charge in [0.25, 0.3) is 11.6 Å². The molecule has 0 atom stereocenters. The minimum atomic E-state index is -0.482. The van der Waals surface area contributed by atoms with Gasteiger partial charge in [0, 0.05) is 17.7 Å². The summed E-state index contributed by atoms with van der Waals surface area (Å²) in [5.41, 5.74) is 2.01. The number of rotatable bonds is 5. The number of carbonyl (C=O) groups is 1. The lowest BCUT2D eigenvalue weighted by Crippen LogP contribution is -2.32. The van der Waals surface area contributed by atoms with E-state index in [9.17, 15) is 20.0 Å². The van der Waals surface area contributed by atoms with Crippen LogP contribution >= 0.6 is 0 Å². The lowest BCUT2D eigenvalue weighted by Gasteiger charge is -2.18. The maximum atomic E-state index is 13.2. The summed E-state index contributed by atoms with van der Waals surface area (Å²) >= 11 is 0. The molecule has 1 aliphatic heterocycles. The molecule has 0 aliphatic carbocycles. The number of hydrogen-bond acceptors (Lipinski definition) is 6. The van der Waals surface area contributed by atoms with Gasteiger partial charge in [-0.1, -0.05) is 0 Å². The van der Waals surface area contributed by atoms with Crippen LogP contribution in [0.3, 0.4) is 0 Å². The Morgan fingerprint density at radius 3 is 2.23 bits per heavy atom. The summed E-state index contributed by atoms with van der Waals surface area (Å²) in [6, 6.07) is 19.2. The Bertz CT molecular complexity index is 1200. The van der Waals surface area contributed by atoms with Crippen LogP contribution in [0, 0.1) is 10.1 Å². The van der Waals surface area contributed by atoms with Crippen LogP contribution in [-0.4, -0.2) is 28.9 Å². The van der Waals surface area contributed by atoms with Gasteiger partial charge in [0.15, 0.2) is 0 Å². The fourth-order valence-corrected chi connectivity index (χ4v) is 3.14. The van der Waals surface area contributed by atoms with Gasteiger partial charge in [0.2, 0.25) is 0 Å². The van der Waals surface area contributed by atoms with Crippen molar-refractivity contribution in [3.8, 4) is 11.5 Å². The average molecular weight is 415 g/mol. The van der Waals surface area contributed by atoms with Crippen molar-refractivity contribution in [3.05, 3.63) is 99.7 Å². The maximum Gasteiger partial charge on any atom is 0.282 e. The highest BCUT2D eigenvalue weighted by Gasteiger charge is 2.32. The van der Waals surface area contributed by atoms with Gasteiger partial charge in [-0.05, 0) is 72.3 Å². The summed E-state index contributed by atoms with van der Waals surface area (Å²) < 4.78 is 5.20. The molecule has 0 spiro atoms.